The van der Waals surface area contributed by atoms with Crippen molar-refractivity contribution < 1.29 is 14.4 Å². The maximum atomic E-state index is 12.6. The molecule has 1 fully saturated rings. The molecule has 4 N–H and O–H groups in total. The van der Waals surface area contributed by atoms with E-state index >= 15 is 0 Å². The van der Waals surface area contributed by atoms with Gasteiger partial charge in [-0.05, 0) is 26.7 Å². The van der Waals surface area contributed by atoms with Crippen molar-refractivity contribution in [1.82, 2.24) is 10.1 Å². The Hall–Kier alpha value is -1.44. The van der Waals surface area contributed by atoms with Crippen molar-refractivity contribution in [3.05, 3.63) is 11.8 Å². The topological polar surface area (TPSA) is 105 Å². The molecule has 1 aliphatic rings. The molecule has 23 heavy (non-hydrogen) atoms. The number of aromatic nitrogens is 1. The van der Waals surface area contributed by atoms with Crippen LogP contribution in [0.1, 0.15) is 46.2 Å². The molecule has 130 valence electrons. The summed E-state index contributed by atoms with van der Waals surface area (Å²) in [5.41, 5.74) is 5.37. The van der Waals surface area contributed by atoms with Crippen molar-refractivity contribution in [2.75, 3.05) is 25.0 Å². The number of aliphatic hydroxyl groups excluding tert-OH is 1. The van der Waals surface area contributed by atoms with Crippen LogP contribution >= 0.6 is 0 Å². The first-order chi connectivity index (χ1) is 10.7. The summed E-state index contributed by atoms with van der Waals surface area (Å²) in [6.45, 7) is 9.07. The fourth-order valence-electron chi connectivity index (χ4n) is 2.60. The average Bonchev–Trinajstić information content (AvgIpc) is 2.97. The highest BCUT2D eigenvalue weighted by molar-refractivity contribution is 5.96. The van der Waals surface area contributed by atoms with Crippen molar-refractivity contribution in [3.63, 3.8) is 0 Å². The minimum Gasteiger partial charge on any atom is -0.395 e. The van der Waals surface area contributed by atoms with Crippen LogP contribution in [0.15, 0.2) is 10.6 Å². The normalized spacial score (nSPS) is 18.2. The number of aliphatic hydroxyl groups is 1. The fraction of sp³-hybridized carbons (Fsp3) is 0.750. The van der Waals surface area contributed by atoms with Gasteiger partial charge in [-0.1, -0.05) is 19.0 Å². The van der Waals surface area contributed by atoms with Crippen molar-refractivity contribution in [3.8, 4) is 0 Å². The van der Waals surface area contributed by atoms with Gasteiger partial charge in [0.25, 0.3) is 0 Å². The summed E-state index contributed by atoms with van der Waals surface area (Å²) < 4.78 is 5.19. The van der Waals surface area contributed by atoms with Crippen molar-refractivity contribution in [1.29, 1.82) is 0 Å². The minimum atomic E-state index is -0.653. The van der Waals surface area contributed by atoms with Gasteiger partial charge in [0.05, 0.1) is 17.8 Å². The zero-order valence-electron chi connectivity index (χ0n) is 14.4. The molecule has 1 saturated heterocycles. The second-order valence-corrected chi connectivity index (χ2v) is 7.46. The number of carbonyl (C=O) groups excluding carboxylic acids is 1. The Morgan fingerprint density at radius 3 is 2.61 bits per heavy atom. The summed E-state index contributed by atoms with van der Waals surface area (Å²) in [4.78, 5) is 14.8. The quantitative estimate of drug-likeness (QED) is 0.749. The molecule has 7 nitrogen and oxygen atoms in total. The number of hydrogen-bond acceptors (Lipinski definition) is 6. The van der Waals surface area contributed by atoms with Crippen LogP contribution in [0, 0.1) is 0 Å². The fourth-order valence-corrected chi connectivity index (χ4v) is 2.60. The van der Waals surface area contributed by atoms with E-state index in [2.05, 4.69) is 15.4 Å². The highest BCUT2D eigenvalue weighted by Crippen LogP contribution is 2.26. The molecule has 0 radical (unpaired) electrons. The number of piperidine rings is 1. The standard InChI is InChI=1S/C16H28N4O3/c1-15(2,10-21)12-9-13(23-19-12)18-14(22)16(3,4)20-7-5-11(17)6-8-20/h9,11,21H,5-8,10,17H2,1-4H3,(H,18,22). The molecular formula is C16H28N4O3. The second kappa shape index (κ2) is 6.59. The minimum absolute atomic E-state index is 0.0492. The highest BCUT2D eigenvalue weighted by atomic mass is 16.5. The molecule has 0 aliphatic carbocycles. The largest absolute Gasteiger partial charge is 0.395 e. The Bertz CT molecular complexity index is 545. The molecule has 2 rings (SSSR count). The average molecular weight is 324 g/mol. The van der Waals surface area contributed by atoms with E-state index in [0.717, 1.165) is 25.9 Å². The van der Waals surface area contributed by atoms with Crippen LogP contribution < -0.4 is 11.1 Å². The zero-order valence-corrected chi connectivity index (χ0v) is 14.4. The molecule has 2 heterocycles. The molecule has 0 saturated carbocycles. The first-order valence-corrected chi connectivity index (χ1v) is 8.07. The SMILES string of the molecule is CC(C)(CO)c1cc(NC(=O)C(C)(C)N2CCC(N)CC2)on1. The summed E-state index contributed by atoms with van der Waals surface area (Å²) in [6.07, 6.45) is 1.79. The summed E-state index contributed by atoms with van der Waals surface area (Å²) in [6, 6.07) is 1.89. The van der Waals surface area contributed by atoms with Gasteiger partial charge in [-0.15, -0.1) is 0 Å². The van der Waals surface area contributed by atoms with Gasteiger partial charge in [0.2, 0.25) is 11.8 Å². The molecule has 1 aliphatic heterocycles. The van der Waals surface area contributed by atoms with Gasteiger partial charge >= 0.3 is 0 Å². The van der Waals surface area contributed by atoms with Crippen LogP contribution in [-0.4, -0.2) is 52.3 Å². The second-order valence-electron chi connectivity index (χ2n) is 7.46. The van der Waals surface area contributed by atoms with E-state index in [0.29, 0.717) is 11.6 Å². The monoisotopic (exact) mass is 324 g/mol. The Balaban J connectivity index is 2.03. The Labute approximate surface area is 137 Å². The van der Waals surface area contributed by atoms with E-state index in [4.69, 9.17) is 10.3 Å². The maximum Gasteiger partial charge on any atom is 0.246 e. The van der Waals surface area contributed by atoms with Crippen LogP contribution in [0.4, 0.5) is 5.88 Å². The third kappa shape index (κ3) is 3.91. The molecule has 0 spiro atoms. The number of carbonyl (C=O) groups is 1. The summed E-state index contributed by atoms with van der Waals surface area (Å²) in [7, 11) is 0. The molecule has 7 heteroatoms. The van der Waals surface area contributed by atoms with Gasteiger partial charge in [0.1, 0.15) is 0 Å². The zero-order chi connectivity index (χ0) is 17.3. The molecule has 0 bridgehead atoms. The van der Waals surface area contributed by atoms with E-state index < -0.39 is 11.0 Å². The van der Waals surface area contributed by atoms with Crippen LogP contribution in [-0.2, 0) is 10.2 Å². The number of anilines is 1. The van der Waals surface area contributed by atoms with Crippen LogP contribution in [0.25, 0.3) is 0 Å². The summed E-state index contributed by atoms with van der Waals surface area (Å²) >= 11 is 0. The number of likely N-dealkylation sites (tertiary alicyclic amines) is 1. The Morgan fingerprint density at radius 1 is 1.43 bits per heavy atom. The number of nitrogens with one attached hydrogen (secondary N) is 1. The van der Waals surface area contributed by atoms with Crippen LogP contribution in [0.2, 0.25) is 0 Å². The van der Waals surface area contributed by atoms with Gasteiger partial charge in [-0.2, -0.15) is 0 Å². The number of rotatable bonds is 5. The number of amides is 1. The molecule has 0 unspecified atom stereocenters. The first-order valence-electron chi connectivity index (χ1n) is 8.07. The first kappa shape index (κ1) is 17.9. The predicted molar refractivity (Wildman–Crippen MR) is 88.1 cm³/mol. The van der Waals surface area contributed by atoms with Crippen molar-refractivity contribution in [2.24, 2.45) is 5.73 Å². The Kier molecular flexibility index (Phi) is 5.13. The third-order valence-corrected chi connectivity index (χ3v) is 4.72. The van der Waals surface area contributed by atoms with E-state index in [1.54, 1.807) is 6.07 Å². The van der Waals surface area contributed by atoms with Crippen molar-refractivity contribution in [2.45, 2.75) is 57.5 Å². The van der Waals surface area contributed by atoms with Crippen molar-refractivity contribution >= 4 is 11.8 Å². The number of hydrogen-bond donors (Lipinski definition) is 3. The van der Waals surface area contributed by atoms with Crippen LogP contribution in [0.5, 0.6) is 0 Å². The molecule has 0 atom stereocenters. The summed E-state index contributed by atoms with van der Waals surface area (Å²) in [5.74, 6) is 0.158. The molecule has 1 aromatic rings. The van der Waals surface area contributed by atoms with E-state index in [-0.39, 0.29) is 18.6 Å². The molecule has 1 amide bonds. The third-order valence-electron chi connectivity index (χ3n) is 4.72. The van der Waals surface area contributed by atoms with E-state index in [1.165, 1.54) is 0 Å². The van der Waals surface area contributed by atoms with Crippen LogP contribution in [0.3, 0.4) is 0 Å². The van der Waals surface area contributed by atoms with Gasteiger partial charge < -0.3 is 15.4 Å². The molecule has 1 aromatic heterocycles. The van der Waals surface area contributed by atoms with E-state index in [9.17, 15) is 9.90 Å². The maximum absolute atomic E-state index is 12.6. The predicted octanol–water partition coefficient (Wildman–Crippen LogP) is 1.08. The van der Waals surface area contributed by atoms with E-state index in [1.807, 2.05) is 27.7 Å². The smallest absolute Gasteiger partial charge is 0.246 e. The lowest BCUT2D eigenvalue weighted by atomic mass is 9.91. The number of nitrogens with zero attached hydrogens (tertiary/aromatic N) is 2. The number of nitrogens with two attached hydrogens (primary N) is 1. The lowest BCUT2D eigenvalue weighted by Gasteiger charge is -2.40. The van der Waals surface area contributed by atoms with Gasteiger partial charge in [0.15, 0.2) is 0 Å². The Morgan fingerprint density at radius 2 is 2.04 bits per heavy atom. The van der Waals surface area contributed by atoms with Gasteiger partial charge in [-0.3, -0.25) is 15.0 Å². The lowest BCUT2D eigenvalue weighted by Crippen LogP contribution is -2.56. The highest BCUT2D eigenvalue weighted by Gasteiger charge is 2.37. The molecular weight excluding hydrogens is 296 g/mol. The lowest BCUT2D eigenvalue weighted by molar-refractivity contribution is -0.127. The summed E-state index contributed by atoms with van der Waals surface area (Å²) in [5, 5.41) is 16.1. The van der Waals surface area contributed by atoms with Gasteiger partial charge in [0, 0.05) is 30.6 Å². The van der Waals surface area contributed by atoms with Gasteiger partial charge in [-0.25, -0.2) is 0 Å². The molecule has 0 aromatic carbocycles.